The van der Waals surface area contributed by atoms with Crippen LogP contribution in [0.25, 0.3) is 0 Å². The Hall–Kier alpha value is -1.55. The van der Waals surface area contributed by atoms with E-state index in [0.29, 0.717) is 0 Å². The van der Waals surface area contributed by atoms with Crippen molar-refractivity contribution in [2.24, 2.45) is 0 Å². The van der Waals surface area contributed by atoms with E-state index in [4.69, 9.17) is 0 Å². The van der Waals surface area contributed by atoms with Gasteiger partial charge in [-0.2, -0.15) is 18.3 Å². The van der Waals surface area contributed by atoms with Gasteiger partial charge in [0.15, 0.2) is 5.69 Å². The number of thiophene rings is 1. The molecular weight excluding hydrogens is 303 g/mol. The van der Waals surface area contributed by atoms with Crippen LogP contribution in [0.2, 0.25) is 0 Å². The van der Waals surface area contributed by atoms with Crippen molar-refractivity contribution in [3.8, 4) is 0 Å². The number of nitrogens with zero attached hydrogens (tertiary/aromatic N) is 1. The van der Waals surface area contributed by atoms with E-state index >= 15 is 0 Å². The molecule has 0 bridgehead atoms. The van der Waals surface area contributed by atoms with Gasteiger partial charge in [0.1, 0.15) is 9.90 Å². The summed E-state index contributed by atoms with van der Waals surface area (Å²) in [6.45, 7) is 1.30. The molecule has 19 heavy (non-hydrogen) atoms. The Kier molecular flexibility index (Phi) is 3.31. The highest BCUT2D eigenvalue weighted by molar-refractivity contribution is 7.94. The van der Waals surface area contributed by atoms with E-state index in [9.17, 15) is 21.6 Å². The Morgan fingerprint density at radius 1 is 1.42 bits per heavy atom. The zero-order valence-electron chi connectivity index (χ0n) is 9.45. The van der Waals surface area contributed by atoms with Gasteiger partial charge < -0.3 is 0 Å². The van der Waals surface area contributed by atoms with E-state index in [-0.39, 0.29) is 9.90 Å². The van der Waals surface area contributed by atoms with E-state index in [1.54, 1.807) is 0 Å². The first-order valence-corrected chi connectivity index (χ1v) is 7.26. The van der Waals surface area contributed by atoms with Gasteiger partial charge in [-0.05, 0) is 18.4 Å². The maximum atomic E-state index is 12.7. The first-order valence-electron chi connectivity index (χ1n) is 4.90. The van der Waals surface area contributed by atoms with Gasteiger partial charge in [-0.25, -0.2) is 8.42 Å². The zero-order chi connectivity index (χ0) is 14.3. The lowest BCUT2D eigenvalue weighted by atomic mass is 10.3. The lowest BCUT2D eigenvalue weighted by Crippen LogP contribution is -2.16. The standard InChI is InChI=1S/C9H8F3N3O2S2/c1-5-7(8(14-13-5)9(10,11)12)15-19(16,17)6-3-2-4-18-6/h2-4,15H,1H3,(H,13,14). The highest BCUT2D eigenvalue weighted by atomic mass is 32.2. The molecule has 10 heteroatoms. The molecule has 2 heterocycles. The fraction of sp³-hybridized carbons (Fsp3) is 0.222. The Morgan fingerprint density at radius 3 is 2.63 bits per heavy atom. The third-order valence-corrected chi connectivity index (χ3v) is 4.96. The summed E-state index contributed by atoms with van der Waals surface area (Å²) in [5.41, 5.74) is -1.88. The van der Waals surface area contributed by atoms with Crippen LogP contribution < -0.4 is 4.72 Å². The number of nitrogens with one attached hydrogen (secondary N) is 2. The molecule has 2 aromatic rings. The van der Waals surface area contributed by atoms with E-state index in [1.165, 1.54) is 24.4 Å². The first kappa shape index (κ1) is 13.9. The molecule has 0 amide bonds. The Labute approximate surface area is 110 Å². The fourth-order valence-corrected chi connectivity index (χ4v) is 3.48. The van der Waals surface area contributed by atoms with E-state index in [0.717, 1.165) is 11.3 Å². The van der Waals surface area contributed by atoms with Crippen LogP contribution in [-0.4, -0.2) is 18.6 Å². The monoisotopic (exact) mass is 311 g/mol. The second-order valence-corrected chi connectivity index (χ2v) is 6.46. The molecule has 0 spiro atoms. The van der Waals surface area contributed by atoms with Crippen molar-refractivity contribution in [1.29, 1.82) is 0 Å². The van der Waals surface area contributed by atoms with Gasteiger partial charge in [-0.3, -0.25) is 9.82 Å². The molecule has 0 aromatic carbocycles. The number of anilines is 1. The number of aromatic nitrogens is 2. The second-order valence-electron chi connectivity index (χ2n) is 3.61. The van der Waals surface area contributed by atoms with Crippen LogP contribution in [0, 0.1) is 6.92 Å². The van der Waals surface area contributed by atoms with Crippen LogP contribution in [-0.2, 0) is 16.2 Å². The van der Waals surface area contributed by atoms with Crippen molar-refractivity contribution < 1.29 is 21.6 Å². The number of alkyl halides is 3. The summed E-state index contributed by atoms with van der Waals surface area (Å²) >= 11 is 0.909. The van der Waals surface area contributed by atoms with Crippen molar-refractivity contribution >= 4 is 27.0 Å². The van der Waals surface area contributed by atoms with Gasteiger partial charge in [-0.1, -0.05) is 6.07 Å². The molecule has 5 nitrogen and oxygen atoms in total. The average Bonchev–Trinajstić information content (AvgIpc) is 2.88. The molecular formula is C9H8F3N3O2S2. The van der Waals surface area contributed by atoms with Crippen molar-refractivity contribution in [1.82, 2.24) is 10.2 Å². The minimum absolute atomic E-state index is 0.00699. The van der Waals surface area contributed by atoms with Crippen LogP contribution in [0.4, 0.5) is 18.9 Å². The number of sulfonamides is 1. The predicted molar refractivity (Wildman–Crippen MR) is 63.5 cm³/mol. The maximum Gasteiger partial charge on any atom is 0.437 e. The van der Waals surface area contributed by atoms with Crippen molar-refractivity contribution in [3.05, 3.63) is 28.9 Å². The molecule has 0 fully saturated rings. The molecule has 0 radical (unpaired) electrons. The van der Waals surface area contributed by atoms with Crippen LogP contribution >= 0.6 is 11.3 Å². The number of hydrogen-bond donors (Lipinski definition) is 2. The normalized spacial score (nSPS) is 12.6. The fourth-order valence-electron chi connectivity index (χ4n) is 1.36. The van der Waals surface area contributed by atoms with Gasteiger partial charge in [0.05, 0.1) is 5.69 Å². The Morgan fingerprint density at radius 2 is 2.11 bits per heavy atom. The average molecular weight is 311 g/mol. The molecule has 2 N–H and O–H groups in total. The highest BCUT2D eigenvalue weighted by Gasteiger charge is 2.38. The summed E-state index contributed by atoms with van der Waals surface area (Å²) in [4.78, 5) is 0. The van der Waals surface area contributed by atoms with Gasteiger partial charge in [0.25, 0.3) is 10.0 Å². The minimum atomic E-state index is -4.74. The summed E-state index contributed by atoms with van der Waals surface area (Å²) in [5.74, 6) is 0. The highest BCUT2D eigenvalue weighted by Crippen LogP contribution is 2.35. The molecule has 2 aromatic heterocycles. The molecule has 0 unspecified atom stereocenters. The second kappa shape index (κ2) is 4.53. The summed E-state index contributed by atoms with van der Waals surface area (Å²) < 4.78 is 63.6. The summed E-state index contributed by atoms with van der Waals surface area (Å²) in [7, 11) is -4.04. The first-order chi connectivity index (χ1) is 8.72. The summed E-state index contributed by atoms with van der Waals surface area (Å²) in [6.07, 6.45) is -4.74. The van der Waals surface area contributed by atoms with Crippen LogP contribution in [0.15, 0.2) is 21.7 Å². The molecule has 0 aliphatic rings. The topological polar surface area (TPSA) is 74.8 Å². The molecule has 2 rings (SSSR count). The minimum Gasteiger partial charge on any atom is -0.280 e. The third kappa shape index (κ3) is 2.73. The number of aromatic amines is 1. The summed E-state index contributed by atoms with van der Waals surface area (Å²) in [6, 6.07) is 2.79. The molecule has 0 saturated carbocycles. The molecule has 0 aliphatic heterocycles. The molecule has 0 saturated heterocycles. The predicted octanol–water partition coefficient (Wildman–Crippen LogP) is 2.60. The Balaban J connectivity index is 2.43. The Bertz CT molecular complexity index is 674. The number of H-pyrrole nitrogens is 1. The summed E-state index contributed by atoms with van der Waals surface area (Å²) in [5, 5.41) is 6.71. The number of hydrogen-bond acceptors (Lipinski definition) is 4. The van der Waals surface area contributed by atoms with Crippen LogP contribution in [0.5, 0.6) is 0 Å². The van der Waals surface area contributed by atoms with Gasteiger partial charge in [0, 0.05) is 0 Å². The smallest absolute Gasteiger partial charge is 0.280 e. The van der Waals surface area contributed by atoms with Gasteiger partial charge in [-0.15, -0.1) is 11.3 Å². The number of halogens is 3. The molecule has 104 valence electrons. The van der Waals surface area contributed by atoms with Crippen LogP contribution in [0.3, 0.4) is 0 Å². The van der Waals surface area contributed by atoms with Crippen LogP contribution in [0.1, 0.15) is 11.4 Å². The SMILES string of the molecule is Cc1[nH]nc(C(F)(F)F)c1NS(=O)(=O)c1cccs1. The number of aryl methyl sites for hydroxylation is 1. The largest absolute Gasteiger partial charge is 0.437 e. The third-order valence-electron chi connectivity index (χ3n) is 2.21. The van der Waals surface area contributed by atoms with E-state index in [1.807, 2.05) is 4.72 Å². The molecule has 0 atom stereocenters. The quantitative estimate of drug-likeness (QED) is 0.915. The van der Waals surface area contributed by atoms with E-state index in [2.05, 4.69) is 10.2 Å². The zero-order valence-corrected chi connectivity index (χ0v) is 11.1. The van der Waals surface area contributed by atoms with Gasteiger partial charge in [0.2, 0.25) is 0 Å². The maximum absolute atomic E-state index is 12.7. The van der Waals surface area contributed by atoms with Crippen molar-refractivity contribution in [3.63, 3.8) is 0 Å². The molecule has 0 aliphatic carbocycles. The van der Waals surface area contributed by atoms with Crippen molar-refractivity contribution in [2.75, 3.05) is 4.72 Å². The van der Waals surface area contributed by atoms with Gasteiger partial charge >= 0.3 is 6.18 Å². The van der Waals surface area contributed by atoms with Crippen molar-refractivity contribution in [2.45, 2.75) is 17.3 Å². The lowest BCUT2D eigenvalue weighted by Gasteiger charge is -2.09. The number of rotatable bonds is 3. The lowest BCUT2D eigenvalue weighted by molar-refractivity contribution is -0.140. The van der Waals surface area contributed by atoms with E-state index < -0.39 is 27.6 Å².